The van der Waals surface area contributed by atoms with Crippen LogP contribution in [0, 0.1) is 11.3 Å². The number of hydrogen-bond donors (Lipinski definition) is 2. The van der Waals surface area contributed by atoms with Gasteiger partial charge in [0.05, 0.1) is 6.61 Å². The van der Waals surface area contributed by atoms with E-state index in [1.165, 1.54) is 0 Å². The Labute approximate surface area is 158 Å². The maximum absolute atomic E-state index is 12.4. The van der Waals surface area contributed by atoms with Crippen LogP contribution in [-0.4, -0.2) is 24.0 Å². The molecule has 1 aromatic heterocycles. The van der Waals surface area contributed by atoms with Gasteiger partial charge in [-0.25, -0.2) is 0 Å². The summed E-state index contributed by atoms with van der Waals surface area (Å²) in [6, 6.07) is 17.4. The number of aromatic nitrogens is 1. The molecule has 3 aromatic rings. The van der Waals surface area contributed by atoms with Gasteiger partial charge >= 0.3 is 0 Å². The Morgan fingerprint density at radius 1 is 1.22 bits per heavy atom. The van der Waals surface area contributed by atoms with Gasteiger partial charge in [-0.15, -0.1) is 0 Å². The van der Waals surface area contributed by atoms with Gasteiger partial charge in [0.25, 0.3) is 5.91 Å². The van der Waals surface area contributed by atoms with E-state index in [2.05, 4.69) is 10.3 Å². The highest BCUT2D eigenvalue weighted by atomic mass is 16.5. The van der Waals surface area contributed by atoms with Gasteiger partial charge in [-0.05, 0) is 37.1 Å². The van der Waals surface area contributed by atoms with Gasteiger partial charge in [0.1, 0.15) is 17.4 Å². The van der Waals surface area contributed by atoms with Crippen molar-refractivity contribution in [2.45, 2.75) is 13.3 Å². The first-order valence-electron chi connectivity index (χ1n) is 8.89. The third-order valence-corrected chi connectivity index (χ3v) is 4.24. The standard InChI is InChI=1S/C22H21N3O2/c1-2-27-21-10-6-3-7-16(21)13-18(14-23)22(26)24-12-11-17-15-25-20-9-5-4-8-19(17)20/h3-10,13,15,25H,2,11-12H2,1H3,(H,24,26)/b18-13-. The third-order valence-electron chi connectivity index (χ3n) is 4.24. The number of nitrogens with one attached hydrogen (secondary N) is 2. The highest BCUT2D eigenvalue weighted by Crippen LogP contribution is 2.21. The lowest BCUT2D eigenvalue weighted by atomic mass is 10.1. The molecule has 0 aliphatic carbocycles. The zero-order chi connectivity index (χ0) is 19.1. The van der Waals surface area contributed by atoms with E-state index in [0.717, 1.165) is 16.5 Å². The molecule has 1 heterocycles. The predicted molar refractivity (Wildman–Crippen MR) is 106 cm³/mol. The lowest BCUT2D eigenvalue weighted by Gasteiger charge is -2.08. The van der Waals surface area contributed by atoms with Crippen molar-refractivity contribution >= 4 is 22.9 Å². The van der Waals surface area contributed by atoms with Crippen LogP contribution in [0.1, 0.15) is 18.1 Å². The molecule has 0 atom stereocenters. The summed E-state index contributed by atoms with van der Waals surface area (Å²) in [6.07, 6.45) is 4.20. The summed E-state index contributed by atoms with van der Waals surface area (Å²) < 4.78 is 5.54. The van der Waals surface area contributed by atoms with Crippen LogP contribution in [0.15, 0.2) is 60.3 Å². The van der Waals surface area contributed by atoms with E-state index in [9.17, 15) is 10.1 Å². The SMILES string of the molecule is CCOc1ccccc1/C=C(/C#N)C(=O)NCCc1c[nH]c2ccccc12. The number of ether oxygens (including phenoxy) is 1. The fourth-order valence-corrected chi connectivity index (χ4v) is 2.94. The van der Waals surface area contributed by atoms with Crippen LogP contribution in [0.3, 0.4) is 0 Å². The number of nitrogens with zero attached hydrogens (tertiary/aromatic N) is 1. The number of amides is 1. The maximum atomic E-state index is 12.4. The van der Waals surface area contributed by atoms with Crippen LogP contribution < -0.4 is 10.1 Å². The molecule has 0 unspecified atom stereocenters. The van der Waals surface area contributed by atoms with Crippen molar-refractivity contribution < 1.29 is 9.53 Å². The van der Waals surface area contributed by atoms with Gasteiger partial charge in [-0.2, -0.15) is 5.26 Å². The van der Waals surface area contributed by atoms with Crippen LogP contribution in [0.25, 0.3) is 17.0 Å². The van der Waals surface area contributed by atoms with Crippen LogP contribution in [-0.2, 0) is 11.2 Å². The average Bonchev–Trinajstić information content (AvgIpc) is 3.10. The van der Waals surface area contributed by atoms with Crippen molar-refractivity contribution in [2.75, 3.05) is 13.2 Å². The number of fused-ring (bicyclic) bond motifs is 1. The average molecular weight is 359 g/mol. The van der Waals surface area contributed by atoms with Gasteiger partial charge < -0.3 is 15.0 Å². The molecule has 27 heavy (non-hydrogen) atoms. The normalized spacial score (nSPS) is 11.2. The van der Waals surface area contributed by atoms with Gasteiger partial charge in [-0.1, -0.05) is 36.4 Å². The van der Waals surface area contributed by atoms with Crippen molar-refractivity contribution in [2.24, 2.45) is 0 Å². The molecule has 0 saturated heterocycles. The Kier molecular flexibility index (Phi) is 5.91. The number of benzene rings is 2. The molecule has 5 heteroatoms. The summed E-state index contributed by atoms with van der Waals surface area (Å²) in [5.74, 6) is 0.267. The number of carbonyl (C=O) groups excluding carboxylic acids is 1. The number of para-hydroxylation sites is 2. The summed E-state index contributed by atoms with van der Waals surface area (Å²) in [5.41, 5.74) is 2.97. The van der Waals surface area contributed by atoms with E-state index in [1.807, 2.05) is 67.7 Å². The molecule has 2 N–H and O–H groups in total. The minimum atomic E-state index is -0.386. The number of H-pyrrole nitrogens is 1. The van der Waals surface area contributed by atoms with Gasteiger partial charge in [0, 0.05) is 29.2 Å². The molecule has 0 bridgehead atoms. The Morgan fingerprint density at radius 3 is 2.81 bits per heavy atom. The summed E-state index contributed by atoms with van der Waals surface area (Å²) in [7, 11) is 0. The van der Waals surface area contributed by atoms with E-state index in [0.29, 0.717) is 30.9 Å². The lowest BCUT2D eigenvalue weighted by Crippen LogP contribution is -2.26. The molecule has 0 fully saturated rings. The van der Waals surface area contributed by atoms with Crippen LogP contribution in [0.2, 0.25) is 0 Å². The summed E-state index contributed by atoms with van der Waals surface area (Å²) in [5, 5.41) is 13.3. The molecule has 3 rings (SSSR count). The fraction of sp³-hybridized carbons (Fsp3) is 0.182. The highest BCUT2D eigenvalue weighted by Gasteiger charge is 2.11. The zero-order valence-electron chi connectivity index (χ0n) is 15.2. The Hall–Kier alpha value is -3.52. The first kappa shape index (κ1) is 18.3. The van der Waals surface area contributed by atoms with E-state index >= 15 is 0 Å². The Morgan fingerprint density at radius 2 is 2.00 bits per heavy atom. The highest BCUT2D eigenvalue weighted by molar-refractivity contribution is 6.02. The van der Waals surface area contributed by atoms with E-state index in [-0.39, 0.29) is 11.5 Å². The molecule has 0 aliphatic rings. The van der Waals surface area contributed by atoms with Crippen LogP contribution in [0.4, 0.5) is 0 Å². The summed E-state index contributed by atoms with van der Waals surface area (Å²) >= 11 is 0. The second kappa shape index (κ2) is 8.72. The molecule has 0 radical (unpaired) electrons. The van der Waals surface area contributed by atoms with Gasteiger partial charge in [0.2, 0.25) is 0 Å². The second-order valence-electron chi connectivity index (χ2n) is 6.01. The molecule has 0 spiro atoms. The van der Waals surface area contributed by atoms with Crippen molar-refractivity contribution in [3.63, 3.8) is 0 Å². The summed E-state index contributed by atoms with van der Waals surface area (Å²) in [6.45, 7) is 2.86. The quantitative estimate of drug-likeness (QED) is 0.497. The molecule has 1 amide bonds. The van der Waals surface area contributed by atoms with E-state index < -0.39 is 0 Å². The molecular weight excluding hydrogens is 338 g/mol. The molecule has 0 aliphatic heterocycles. The van der Waals surface area contributed by atoms with Crippen molar-refractivity contribution in [3.8, 4) is 11.8 Å². The first-order chi connectivity index (χ1) is 13.2. The number of rotatable bonds is 7. The fourth-order valence-electron chi connectivity index (χ4n) is 2.94. The number of carbonyl (C=O) groups is 1. The van der Waals surface area contributed by atoms with E-state index in [1.54, 1.807) is 6.08 Å². The summed E-state index contributed by atoms with van der Waals surface area (Å²) in [4.78, 5) is 15.6. The predicted octanol–water partition coefficient (Wildman–Crippen LogP) is 3.83. The Bertz CT molecular complexity index is 1010. The van der Waals surface area contributed by atoms with Crippen molar-refractivity contribution in [3.05, 3.63) is 71.4 Å². The molecule has 2 aromatic carbocycles. The van der Waals surface area contributed by atoms with Crippen molar-refractivity contribution in [1.82, 2.24) is 10.3 Å². The van der Waals surface area contributed by atoms with Crippen molar-refractivity contribution in [1.29, 1.82) is 5.26 Å². The lowest BCUT2D eigenvalue weighted by molar-refractivity contribution is -0.117. The molecule has 0 saturated carbocycles. The number of aromatic amines is 1. The molecule has 5 nitrogen and oxygen atoms in total. The second-order valence-corrected chi connectivity index (χ2v) is 6.01. The Balaban J connectivity index is 1.66. The minimum absolute atomic E-state index is 0.0566. The molecular formula is C22H21N3O2. The monoisotopic (exact) mass is 359 g/mol. The van der Waals surface area contributed by atoms with Gasteiger partial charge in [0.15, 0.2) is 0 Å². The minimum Gasteiger partial charge on any atom is -0.493 e. The number of hydrogen-bond acceptors (Lipinski definition) is 3. The van der Waals surface area contributed by atoms with Crippen LogP contribution >= 0.6 is 0 Å². The van der Waals surface area contributed by atoms with Crippen LogP contribution in [0.5, 0.6) is 5.75 Å². The third kappa shape index (κ3) is 4.36. The topological polar surface area (TPSA) is 77.9 Å². The first-order valence-corrected chi connectivity index (χ1v) is 8.89. The largest absolute Gasteiger partial charge is 0.493 e. The zero-order valence-corrected chi connectivity index (χ0v) is 15.2. The molecule has 136 valence electrons. The van der Waals surface area contributed by atoms with Gasteiger partial charge in [-0.3, -0.25) is 4.79 Å². The number of nitriles is 1. The van der Waals surface area contributed by atoms with E-state index in [4.69, 9.17) is 4.74 Å². The maximum Gasteiger partial charge on any atom is 0.261 e. The smallest absolute Gasteiger partial charge is 0.261 e.